The lowest BCUT2D eigenvalue weighted by atomic mass is 10.1. The van der Waals surface area contributed by atoms with Gasteiger partial charge in [0.25, 0.3) is 0 Å². The Balaban J connectivity index is 2.22. The highest BCUT2D eigenvalue weighted by Gasteiger charge is 2.22. The van der Waals surface area contributed by atoms with Crippen molar-refractivity contribution in [3.63, 3.8) is 0 Å². The van der Waals surface area contributed by atoms with E-state index in [0.717, 1.165) is 17.7 Å². The molecule has 0 amide bonds. The highest BCUT2D eigenvalue weighted by Crippen LogP contribution is 2.26. The Labute approximate surface area is 84.8 Å². The smallest absolute Gasteiger partial charge is 0.152 e. The molecule has 0 fully saturated rings. The second-order valence-electron chi connectivity index (χ2n) is 3.51. The Morgan fingerprint density at radius 2 is 2.00 bits per heavy atom. The fraction of sp³-hybridized carbons (Fsp3) is 0.333. The van der Waals surface area contributed by atoms with Crippen LogP contribution in [0, 0.1) is 0 Å². The Morgan fingerprint density at radius 1 is 1.29 bits per heavy atom. The van der Waals surface area contributed by atoms with Crippen LogP contribution >= 0.6 is 0 Å². The number of hydrogen-bond donors (Lipinski definition) is 0. The first kappa shape index (κ1) is 9.28. The molecule has 0 aromatic heterocycles. The zero-order valence-electron chi connectivity index (χ0n) is 8.60. The summed E-state index contributed by atoms with van der Waals surface area (Å²) in [7, 11) is 1.97. The number of hydroxylamine groups is 2. The summed E-state index contributed by atoms with van der Waals surface area (Å²) in [5, 5.41) is 1.91. The third kappa shape index (κ3) is 1.66. The van der Waals surface area contributed by atoms with Crippen LogP contribution < -0.4 is 0 Å². The molecule has 1 aliphatic rings. The van der Waals surface area contributed by atoms with Crippen molar-refractivity contribution in [2.45, 2.75) is 19.4 Å². The van der Waals surface area contributed by atoms with Crippen LogP contribution in [-0.4, -0.2) is 18.2 Å². The number of benzene rings is 1. The summed E-state index contributed by atoms with van der Waals surface area (Å²) in [6.07, 6.45) is 3.25. The summed E-state index contributed by atoms with van der Waals surface area (Å²) in [5.74, 6) is 0.972. The van der Waals surface area contributed by atoms with E-state index in [1.54, 1.807) is 0 Å². The van der Waals surface area contributed by atoms with Crippen LogP contribution in [0.15, 0.2) is 36.4 Å². The molecule has 1 aromatic rings. The van der Waals surface area contributed by atoms with Crippen molar-refractivity contribution in [1.29, 1.82) is 0 Å². The van der Waals surface area contributed by atoms with Gasteiger partial charge in [0.15, 0.2) is 5.76 Å². The monoisotopic (exact) mass is 189 g/mol. The molecule has 2 nitrogen and oxygen atoms in total. The quantitative estimate of drug-likeness (QED) is 0.709. The molecular formula is C12H15NO. The molecule has 1 aliphatic heterocycles. The lowest BCUT2D eigenvalue weighted by Gasteiger charge is -2.16. The number of hydrogen-bond acceptors (Lipinski definition) is 2. The normalized spacial score (nSPS) is 21.9. The van der Waals surface area contributed by atoms with Gasteiger partial charge in [-0.3, -0.25) is 0 Å². The minimum Gasteiger partial charge on any atom is -0.405 e. The van der Waals surface area contributed by atoms with Gasteiger partial charge in [0, 0.05) is 12.6 Å². The van der Waals surface area contributed by atoms with E-state index in [4.69, 9.17) is 4.84 Å². The summed E-state index contributed by atoms with van der Waals surface area (Å²) < 4.78 is 0. The average Bonchev–Trinajstić information content (AvgIpc) is 2.61. The standard InChI is InChI=1S/C12H15NO/c1-3-11-9-12(14-13(11)2)10-7-5-4-6-8-10/h4-9,11H,3H2,1-2H3. The van der Waals surface area contributed by atoms with E-state index >= 15 is 0 Å². The van der Waals surface area contributed by atoms with E-state index in [9.17, 15) is 0 Å². The first-order valence-corrected chi connectivity index (χ1v) is 4.99. The average molecular weight is 189 g/mol. The SMILES string of the molecule is CCC1C=C(c2ccccc2)ON1C. The van der Waals surface area contributed by atoms with Crippen LogP contribution in [0.1, 0.15) is 18.9 Å². The van der Waals surface area contributed by atoms with Crippen molar-refractivity contribution in [3.8, 4) is 0 Å². The van der Waals surface area contributed by atoms with Gasteiger partial charge in [-0.1, -0.05) is 37.3 Å². The van der Waals surface area contributed by atoms with Crippen molar-refractivity contribution in [1.82, 2.24) is 5.06 Å². The summed E-state index contributed by atoms with van der Waals surface area (Å²) in [6, 6.07) is 10.6. The van der Waals surface area contributed by atoms with Crippen LogP contribution in [0.2, 0.25) is 0 Å². The topological polar surface area (TPSA) is 12.5 Å². The molecule has 0 spiro atoms. The number of likely N-dealkylation sites (N-methyl/N-ethyl adjacent to an activating group) is 1. The fourth-order valence-corrected chi connectivity index (χ4v) is 1.66. The summed E-state index contributed by atoms with van der Waals surface area (Å²) in [6.45, 7) is 2.16. The first-order valence-electron chi connectivity index (χ1n) is 4.99. The molecule has 2 heteroatoms. The van der Waals surface area contributed by atoms with E-state index in [0.29, 0.717) is 6.04 Å². The fourth-order valence-electron chi connectivity index (χ4n) is 1.66. The minimum atomic E-state index is 0.408. The molecule has 1 unspecified atom stereocenters. The molecule has 0 saturated carbocycles. The predicted molar refractivity (Wildman–Crippen MR) is 57.3 cm³/mol. The summed E-state index contributed by atoms with van der Waals surface area (Å²) in [5.41, 5.74) is 1.15. The van der Waals surface area contributed by atoms with Crippen LogP contribution in [0.4, 0.5) is 0 Å². The molecule has 0 N–H and O–H groups in total. The maximum atomic E-state index is 5.65. The van der Waals surface area contributed by atoms with Gasteiger partial charge in [0.1, 0.15) is 0 Å². The van der Waals surface area contributed by atoms with Crippen molar-refractivity contribution >= 4 is 5.76 Å². The predicted octanol–water partition coefficient (Wildman–Crippen LogP) is 2.68. The highest BCUT2D eigenvalue weighted by atomic mass is 16.7. The molecule has 14 heavy (non-hydrogen) atoms. The van der Waals surface area contributed by atoms with Gasteiger partial charge in [-0.2, -0.15) is 0 Å². The maximum Gasteiger partial charge on any atom is 0.152 e. The molecule has 0 aliphatic carbocycles. The van der Waals surface area contributed by atoms with Gasteiger partial charge in [-0.05, 0) is 12.5 Å². The lowest BCUT2D eigenvalue weighted by Crippen LogP contribution is -2.23. The summed E-state index contributed by atoms with van der Waals surface area (Å²) in [4.78, 5) is 5.65. The molecule has 74 valence electrons. The van der Waals surface area contributed by atoms with E-state index in [2.05, 4.69) is 25.1 Å². The van der Waals surface area contributed by atoms with Crippen LogP contribution in [0.25, 0.3) is 5.76 Å². The van der Waals surface area contributed by atoms with Gasteiger partial charge >= 0.3 is 0 Å². The molecule has 1 heterocycles. The van der Waals surface area contributed by atoms with Gasteiger partial charge < -0.3 is 4.84 Å². The Kier molecular flexibility index (Phi) is 2.55. The largest absolute Gasteiger partial charge is 0.405 e. The molecule has 0 saturated heterocycles. The van der Waals surface area contributed by atoms with Crippen molar-refractivity contribution in [3.05, 3.63) is 42.0 Å². The molecule has 1 atom stereocenters. The maximum absolute atomic E-state index is 5.65. The highest BCUT2D eigenvalue weighted by molar-refractivity contribution is 5.61. The van der Waals surface area contributed by atoms with E-state index in [-0.39, 0.29) is 0 Å². The molecule has 2 rings (SSSR count). The van der Waals surface area contributed by atoms with Gasteiger partial charge in [-0.25, -0.2) is 0 Å². The Morgan fingerprint density at radius 3 is 2.57 bits per heavy atom. The molecule has 0 bridgehead atoms. The number of rotatable bonds is 2. The van der Waals surface area contributed by atoms with E-state index in [1.165, 1.54) is 0 Å². The lowest BCUT2D eigenvalue weighted by molar-refractivity contribution is -0.0657. The van der Waals surface area contributed by atoms with E-state index < -0.39 is 0 Å². The van der Waals surface area contributed by atoms with Crippen LogP contribution in [-0.2, 0) is 4.84 Å². The van der Waals surface area contributed by atoms with E-state index in [1.807, 2.05) is 30.3 Å². The Bertz CT molecular complexity index is 331. The van der Waals surface area contributed by atoms with Gasteiger partial charge in [0.2, 0.25) is 0 Å². The first-order chi connectivity index (χ1) is 6.81. The third-order valence-corrected chi connectivity index (χ3v) is 2.53. The second kappa shape index (κ2) is 3.84. The molecule has 0 radical (unpaired) electrons. The summed E-state index contributed by atoms with van der Waals surface area (Å²) >= 11 is 0. The third-order valence-electron chi connectivity index (χ3n) is 2.53. The molecular weight excluding hydrogens is 174 g/mol. The van der Waals surface area contributed by atoms with Gasteiger partial charge in [0.05, 0.1) is 6.04 Å². The Hall–Kier alpha value is -1.28. The second-order valence-corrected chi connectivity index (χ2v) is 3.51. The van der Waals surface area contributed by atoms with Crippen molar-refractivity contribution in [2.24, 2.45) is 0 Å². The zero-order chi connectivity index (χ0) is 9.97. The van der Waals surface area contributed by atoms with Crippen molar-refractivity contribution in [2.75, 3.05) is 7.05 Å². The minimum absolute atomic E-state index is 0.408. The van der Waals surface area contributed by atoms with Gasteiger partial charge in [-0.15, -0.1) is 5.06 Å². The van der Waals surface area contributed by atoms with Crippen LogP contribution in [0.5, 0.6) is 0 Å². The van der Waals surface area contributed by atoms with Crippen LogP contribution in [0.3, 0.4) is 0 Å². The zero-order valence-corrected chi connectivity index (χ0v) is 8.60. The molecule has 1 aromatic carbocycles. The number of nitrogens with zero attached hydrogens (tertiary/aromatic N) is 1. The van der Waals surface area contributed by atoms with Crippen molar-refractivity contribution < 1.29 is 4.84 Å².